The van der Waals surface area contributed by atoms with Crippen LogP contribution in [0.25, 0.3) is 5.69 Å². The van der Waals surface area contributed by atoms with Gasteiger partial charge in [-0.2, -0.15) is 5.10 Å². The molecule has 0 aliphatic carbocycles. The highest BCUT2D eigenvalue weighted by Crippen LogP contribution is 2.27. The molecular weight excluding hydrogens is 382 g/mol. The molecule has 0 bridgehead atoms. The molecule has 8 nitrogen and oxygen atoms in total. The molecule has 2 fully saturated rings. The van der Waals surface area contributed by atoms with Crippen LogP contribution in [0.2, 0.25) is 0 Å². The van der Waals surface area contributed by atoms with Gasteiger partial charge in [0.1, 0.15) is 5.56 Å². The molecular formula is C22H29N5O3. The third-order valence-electron chi connectivity index (χ3n) is 6.05. The normalized spacial score (nSPS) is 21.1. The number of nitrogens with zero attached hydrogens (tertiary/aromatic N) is 3. The largest absolute Gasteiger partial charge is 0.462 e. The molecule has 1 aromatic carbocycles. The molecule has 0 spiro atoms. The summed E-state index contributed by atoms with van der Waals surface area (Å²) in [4.78, 5) is 27.0. The van der Waals surface area contributed by atoms with E-state index in [1.807, 2.05) is 31.2 Å². The summed E-state index contributed by atoms with van der Waals surface area (Å²) < 4.78 is 6.75. The molecule has 2 atom stereocenters. The smallest absolute Gasteiger partial charge is 0.341 e. The average molecular weight is 412 g/mol. The Morgan fingerprint density at radius 1 is 1.17 bits per heavy atom. The van der Waals surface area contributed by atoms with Crippen LogP contribution >= 0.6 is 0 Å². The van der Waals surface area contributed by atoms with Crippen LogP contribution in [0, 0.1) is 6.92 Å². The number of aromatic nitrogens is 2. The summed E-state index contributed by atoms with van der Waals surface area (Å²) >= 11 is 0. The van der Waals surface area contributed by atoms with Crippen molar-refractivity contribution in [2.45, 2.75) is 51.6 Å². The van der Waals surface area contributed by atoms with Crippen molar-refractivity contribution in [3.63, 3.8) is 0 Å². The van der Waals surface area contributed by atoms with Gasteiger partial charge in [-0.3, -0.25) is 4.90 Å². The minimum Gasteiger partial charge on any atom is -0.462 e. The molecule has 0 unspecified atom stereocenters. The fourth-order valence-electron chi connectivity index (χ4n) is 4.52. The standard InChI is InChI=1S/C22H29N5O3/c1-3-30-21(28)18-14-23-27(15(18)2)17-9-7-16(8-10-17)24-22(29)25-19-11-13-26-12-5-4-6-20(19)26/h7-10,14,19-20H,3-6,11-13H2,1-2H3,(H2,24,25,29)/t19-,20-/m0/s1. The maximum absolute atomic E-state index is 12.5. The first-order chi connectivity index (χ1) is 14.6. The Hall–Kier alpha value is -2.87. The lowest BCUT2D eigenvalue weighted by atomic mass is 9.99. The van der Waals surface area contributed by atoms with Gasteiger partial charge in [-0.15, -0.1) is 0 Å². The zero-order chi connectivity index (χ0) is 21.1. The third kappa shape index (κ3) is 4.18. The monoisotopic (exact) mass is 411 g/mol. The fraction of sp³-hybridized carbons (Fsp3) is 0.500. The first kappa shape index (κ1) is 20.4. The van der Waals surface area contributed by atoms with Gasteiger partial charge in [0.05, 0.1) is 24.2 Å². The van der Waals surface area contributed by atoms with Crippen LogP contribution in [-0.2, 0) is 4.74 Å². The maximum Gasteiger partial charge on any atom is 0.341 e. The van der Waals surface area contributed by atoms with Gasteiger partial charge in [0, 0.05) is 24.3 Å². The van der Waals surface area contributed by atoms with E-state index in [0.29, 0.717) is 29.6 Å². The van der Waals surface area contributed by atoms with Gasteiger partial charge in [-0.25, -0.2) is 14.3 Å². The number of fused-ring (bicyclic) bond motifs is 1. The Bertz CT molecular complexity index is 908. The Balaban J connectivity index is 1.37. The Labute approximate surface area is 176 Å². The Morgan fingerprint density at radius 3 is 2.73 bits per heavy atom. The minimum absolute atomic E-state index is 0.167. The van der Waals surface area contributed by atoms with Gasteiger partial charge in [0.25, 0.3) is 0 Å². The zero-order valence-corrected chi connectivity index (χ0v) is 17.6. The van der Waals surface area contributed by atoms with Crippen LogP contribution < -0.4 is 10.6 Å². The van der Waals surface area contributed by atoms with E-state index < -0.39 is 0 Å². The number of nitrogens with one attached hydrogen (secondary N) is 2. The minimum atomic E-state index is -0.375. The summed E-state index contributed by atoms with van der Waals surface area (Å²) in [5.74, 6) is -0.375. The van der Waals surface area contributed by atoms with Crippen molar-refractivity contribution in [1.29, 1.82) is 0 Å². The fourth-order valence-corrected chi connectivity index (χ4v) is 4.52. The summed E-state index contributed by atoms with van der Waals surface area (Å²) in [6.45, 7) is 6.15. The van der Waals surface area contributed by atoms with Crippen molar-refractivity contribution in [2.75, 3.05) is 25.0 Å². The van der Waals surface area contributed by atoms with Gasteiger partial charge in [0.2, 0.25) is 0 Å². The molecule has 160 valence electrons. The topological polar surface area (TPSA) is 88.5 Å². The van der Waals surface area contributed by atoms with Crippen molar-refractivity contribution in [3.8, 4) is 5.69 Å². The molecule has 2 N–H and O–H groups in total. The highest BCUT2D eigenvalue weighted by Gasteiger charge is 2.36. The number of amides is 2. The number of urea groups is 1. The van der Waals surface area contributed by atoms with Crippen molar-refractivity contribution < 1.29 is 14.3 Å². The van der Waals surface area contributed by atoms with E-state index in [9.17, 15) is 9.59 Å². The number of carbonyl (C=O) groups is 2. The van der Waals surface area contributed by atoms with E-state index in [1.165, 1.54) is 19.0 Å². The molecule has 2 aromatic rings. The van der Waals surface area contributed by atoms with Gasteiger partial charge >= 0.3 is 12.0 Å². The summed E-state index contributed by atoms with van der Waals surface area (Å²) in [6.07, 6.45) is 6.20. The highest BCUT2D eigenvalue weighted by molar-refractivity contribution is 5.91. The quantitative estimate of drug-likeness (QED) is 0.738. The molecule has 2 amide bonds. The average Bonchev–Trinajstić information content (AvgIpc) is 3.33. The van der Waals surface area contributed by atoms with Gasteiger partial charge in [-0.05, 0) is 63.9 Å². The van der Waals surface area contributed by atoms with Crippen LogP contribution in [0.3, 0.4) is 0 Å². The first-order valence-electron chi connectivity index (χ1n) is 10.7. The first-order valence-corrected chi connectivity index (χ1v) is 10.7. The van der Waals surface area contributed by atoms with E-state index in [2.05, 4.69) is 20.6 Å². The van der Waals surface area contributed by atoms with E-state index in [4.69, 9.17) is 4.74 Å². The van der Waals surface area contributed by atoms with Crippen LogP contribution in [-0.4, -0.2) is 58.5 Å². The van der Waals surface area contributed by atoms with Gasteiger partial charge < -0.3 is 15.4 Å². The summed E-state index contributed by atoms with van der Waals surface area (Å²) in [5.41, 5.74) is 2.68. The molecule has 4 rings (SSSR count). The van der Waals surface area contributed by atoms with E-state index in [1.54, 1.807) is 11.6 Å². The van der Waals surface area contributed by atoms with Gasteiger partial charge in [-0.1, -0.05) is 6.42 Å². The molecule has 30 heavy (non-hydrogen) atoms. The van der Waals surface area contributed by atoms with Crippen LogP contribution in [0.4, 0.5) is 10.5 Å². The number of carbonyl (C=O) groups excluding carboxylic acids is 2. The van der Waals surface area contributed by atoms with E-state index >= 15 is 0 Å². The molecule has 2 aliphatic heterocycles. The van der Waals surface area contributed by atoms with Crippen LogP contribution in [0.1, 0.15) is 48.7 Å². The lowest BCUT2D eigenvalue weighted by Crippen LogP contribution is -2.47. The molecule has 1 aromatic heterocycles. The van der Waals surface area contributed by atoms with Crippen LogP contribution in [0.15, 0.2) is 30.5 Å². The predicted octanol–water partition coefficient (Wildman–Crippen LogP) is 3.11. The molecule has 2 aliphatic rings. The van der Waals surface area contributed by atoms with Crippen molar-refractivity contribution in [3.05, 3.63) is 41.7 Å². The maximum atomic E-state index is 12.5. The highest BCUT2D eigenvalue weighted by atomic mass is 16.5. The number of piperidine rings is 1. The van der Waals surface area contributed by atoms with Crippen molar-refractivity contribution in [2.24, 2.45) is 0 Å². The Morgan fingerprint density at radius 2 is 1.97 bits per heavy atom. The second-order valence-electron chi connectivity index (χ2n) is 7.92. The predicted molar refractivity (Wildman–Crippen MR) is 114 cm³/mol. The van der Waals surface area contributed by atoms with Crippen LogP contribution in [0.5, 0.6) is 0 Å². The second kappa shape index (κ2) is 8.87. The van der Waals surface area contributed by atoms with E-state index in [0.717, 1.165) is 31.6 Å². The summed E-state index contributed by atoms with van der Waals surface area (Å²) in [5, 5.41) is 10.4. The molecule has 2 saturated heterocycles. The number of rotatable bonds is 5. The van der Waals surface area contributed by atoms with Crippen molar-refractivity contribution >= 4 is 17.7 Å². The lowest BCUT2D eigenvalue weighted by molar-refractivity contribution is 0.0525. The zero-order valence-electron chi connectivity index (χ0n) is 17.6. The second-order valence-corrected chi connectivity index (χ2v) is 7.92. The number of benzene rings is 1. The SMILES string of the molecule is CCOC(=O)c1cnn(-c2ccc(NC(=O)N[C@H]3CCN4CCCC[C@@H]34)cc2)c1C. The third-order valence-corrected chi connectivity index (χ3v) is 6.05. The molecule has 3 heterocycles. The molecule has 8 heteroatoms. The van der Waals surface area contributed by atoms with Crippen molar-refractivity contribution in [1.82, 2.24) is 20.0 Å². The van der Waals surface area contributed by atoms with E-state index in [-0.39, 0.29) is 18.0 Å². The molecule has 0 saturated carbocycles. The number of esters is 1. The number of hydrogen-bond donors (Lipinski definition) is 2. The number of ether oxygens (including phenoxy) is 1. The molecule has 0 radical (unpaired) electrons. The summed E-state index contributed by atoms with van der Waals surface area (Å²) in [6, 6.07) is 7.93. The number of anilines is 1. The lowest BCUT2D eigenvalue weighted by Gasteiger charge is -2.32. The Kier molecular flexibility index (Phi) is 6.03. The van der Waals surface area contributed by atoms with Gasteiger partial charge in [0.15, 0.2) is 0 Å². The summed E-state index contributed by atoms with van der Waals surface area (Å²) in [7, 11) is 0. The number of hydrogen-bond acceptors (Lipinski definition) is 5.